The quantitative estimate of drug-likeness (QED) is 0.529. The third-order valence-corrected chi connectivity index (χ3v) is 7.81. The third-order valence-electron chi connectivity index (χ3n) is 6.41. The lowest BCUT2D eigenvalue weighted by atomic mass is 9.60. The Morgan fingerprint density at radius 1 is 1.18 bits per heavy atom. The van der Waals surface area contributed by atoms with Crippen LogP contribution in [0.4, 0.5) is 13.2 Å². The molecule has 0 radical (unpaired) electrons. The number of rotatable bonds is 7. The van der Waals surface area contributed by atoms with Crippen LogP contribution in [0.3, 0.4) is 0 Å². The van der Waals surface area contributed by atoms with Crippen molar-refractivity contribution in [3.05, 3.63) is 50.9 Å². The number of hydrogen-bond donors (Lipinski definition) is 3. The number of aliphatic hydroxyl groups excluding tert-OH is 1. The molecule has 1 atom stereocenters. The summed E-state index contributed by atoms with van der Waals surface area (Å²) in [7, 11) is 0. The fraction of sp³-hybridized carbons (Fsp3) is 0.455. The molecule has 3 aliphatic carbocycles. The van der Waals surface area contributed by atoms with Gasteiger partial charge < -0.3 is 20.5 Å². The van der Waals surface area contributed by atoms with Gasteiger partial charge in [-0.15, -0.1) is 11.3 Å². The second-order valence-electron chi connectivity index (χ2n) is 8.53. The summed E-state index contributed by atoms with van der Waals surface area (Å²) in [5.41, 5.74) is -1.50. The molecule has 3 aliphatic rings. The van der Waals surface area contributed by atoms with Crippen molar-refractivity contribution in [3.8, 4) is 5.75 Å². The lowest BCUT2D eigenvalue weighted by Gasteiger charge is -2.56. The standard InChI is InChI=1S/C22H22ClF3N2O4S/c23-13-2-1-12(9-14(13)24)32-11-18(30)27-22-7-5-21(6-8-22,10-17(22)29)28-20(31)16-4-3-15(33-16)19(25)26/h1-4,9,17,19,29H,5-8,10-11H2,(H,27,30)(H,28,31). The highest BCUT2D eigenvalue weighted by Gasteiger charge is 2.55. The van der Waals surface area contributed by atoms with E-state index >= 15 is 0 Å². The Morgan fingerprint density at radius 3 is 2.52 bits per heavy atom. The van der Waals surface area contributed by atoms with Gasteiger partial charge in [-0.25, -0.2) is 13.2 Å². The number of alkyl halides is 2. The first-order valence-electron chi connectivity index (χ1n) is 10.4. The highest BCUT2D eigenvalue weighted by molar-refractivity contribution is 7.14. The van der Waals surface area contributed by atoms with Crippen LogP contribution in [0.1, 0.15) is 53.1 Å². The lowest BCUT2D eigenvalue weighted by molar-refractivity contribution is -0.132. The van der Waals surface area contributed by atoms with Gasteiger partial charge in [0, 0.05) is 11.6 Å². The van der Waals surface area contributed by atoms with Crippen molar-refractivity contribution in [1.29, 1.82) is 0 Å². The van der Waals surface area contributed by atoms with Crippen LogP contribution >= 0.6 is 22.9 Å². The molecule has 6 nitrogen and oxygen atoms in total. The average molecular weight is 503 g/mol. The first-order chi connectivity index (χ1) is 15.6. The van der Waals surface area contributed by atoms with E-state index in [-0.39, 0.29) is 33.6 Å². The molecule has 11 heteroatoms. The molecule has 1 aromatic carbocycles. The average Bonchev–Trinajstić information content (AvgIpc) is 3.27. The minimum absolute atomic E-state index is 0.0534. The Bertz CT molecular complexity index is 1060. The summed E-state index contributed by atoms with van der Waals surface area (Å²) in [6.07, 6.45) is -1.40. The molecule has 5 rings (SSSR count). The number of ether oxygens (including phenoxy) is 1. The number of nitrogens with one attached hydrogen (secondary N) is 2. The number of benzene rings is 1. The summed E-state index contributed by atoms with van der Waals surface area (Å²) in [6, 6.07) is 6.46. The number of halogens is 4. The van der Waals surface area contributed by atoms with E-state index in [0.29, 0.717) is 25.7 Å². The summed E-state index contributed by atoms with van der Waals surface area (Å²) in [6.45, 7) is -0.359. The summed E-state index contributed by atoms with van der Waals surface area (Å²) in [4.78, 5) is 25.1. The maximum absolute atomic E-state index is 13.5. The van der Waals surface area contributed by atoms with E-state index in [1.807, 2.05) is 0 Å². The predicted molar refractivity (Wildman–Crippen MR) is 116 cm³/mol. The van der Waals surface area contributed by atoms with Gasteiger partial charge in [-0.1, -0.05) is 11.6 Å². The molecule has 1 heterocycles. The monoisotopic (exact) mass is 502 g/mol. The summed E-state index contributed by atoms with van der Waals surface area (Å²) >= 11 is 6.37. The second-order valence-corrected chi connectivity index (χ2v) is 10.0. The Labute approximate surface area is 197 Å². The number of hydrogen-bond acceptors (Lipinski definition) is 5. The molecule has 178 valence electrons. The van der Waals surface area contributed by atoms with Crippen LogP contribution in [-0.4, -0.2) is 40.7 Å². The van der Waals surface area contributed by atoms with Gasteiger partial charge >= 0.3 is 0 Å². The van der Waals surface area contributed by atoms with Gasteiger partial charge in [0.2, 0.25) is 0 Å². The zero-order chi connectivity index (χ0) is 23.8. The van der Waals surface area contributed by atoms with E-state index in [2.05, 4.69) is 10.6 Å². The molecule has 1 aromatic heterocycles. The minimum atomic E-state index is -2.63. The summed E-state index contributed by atoms with van der Waals surface area (Å²) < 4.78 is 44.5. The minimum Gasteiger partial charge on any atom is -0.484 e. The van der Waals surface area contributed by atoms with E-state index in [4.69, 9.17) is 16.3 Å². The number of carbonyl (C=O) groups is 2. The highest BCUT2D eigenvalue weighted by Crippen LogP contribution is 2.47. The molecule has 3 fully saturated rings. The topological polar surface area (TPSA) is 87.7 Å². The van der Waals surface area contributed by atoms with Crippen molar-refractivity contribution >= 4 is 34.8 Å². The molecule has 0 spiro atoms. The molecule has 33 heavy (non-hydrogen) atoms. The van der Waals surface area contributed by atoms with E-state index in [1.165, 1.54) is 24.3 Å². The Morgan fingerprint density at radius 2 is 1.91 bits per heavy atom. The summed E-state index contributed by atoms with van der Waals surface area (Å²) in [5.74, 6) is -1.40. The maximum atomic E-state index is 13.5. The zero-order valence-electron chi connectivity index (χ0n) is 17.4. The maximum Gasteiger partial charge on any atom is 0.272 e. The number of thiophene rings is 1. The largest absolute Gasteiger partial charge is 0.484 e. The normalized spacial score (nSPS) is 26.3. The van der Waals surface area contributed by atoms with Crippen molar-refractivity contribution in [2.75, 3.05) is 6.61 Å². The predicted octanol–water partition coefficient (Wildman–Crippen LogP) is 4.22. The van der Waals surface area contributed by atoms with Gasteiger partial charge in [-0.05, 0) is 56.4 Å². The molecule has 1 unspecified atom stereocenters. The molecule has 0 aliphatic heterocycles. The molecule has 2 aromatic rings. The van der Waals surface area contributed by atoms with Crippen molar-refractivity contribution in [3.63, 3.8) is 0 Å². The van der Waals surface area contributed by atoms with Gasteiger partial charge in [0.15, 0.2) is 6.61 Å². The molecule has 2 bridgehead atoms. The molecular weight excluding hydrogens is 481 g/mol. The van der Waals surface area contributed by atoms with Crippen LogP contribution in [0.2, 0.25) is 5.02 Å². The van der Waals surface area contributed by atoms with Crippen LogP contribution < -0.4 is 15.4 Å². The second kappa shape index (κ2) is 9.15. The van der Waals surface area contributed by atoms with Crippen LogP contribution in [0.15, 0.2) is 30.3 Å². The number of carbonyl (C=O) groups excluding carboxylic acids is 2. The Balaban J connectivity index is 1.34. The number of aliphatic hydroxyl groups is 1. The van der Waals surface area contributed by atoms with Crippen molar-refractivity contribution in [1.82, 2.24) is 10.6 Å². The van der Waals surface area contributed by atoms with Crippen LogP contribution in [0.5, 0.6) is 5.75 Å². The molecule has 2 amide bonds. The SMILES string of the molecule is O=C(COc1ccc(Cl)c(F)c1)NC12CCC(NC(=O)c3ccc(C(F)F)s3)(CC1)CC2O. The third kappa shape index (κ3) is 4.97. The van der Waals surface area contributed by atoms with Gasteiger partial charge in [0.25, 0.3) is 18.2 Å². The van der Waals surface area contributed by atoms with E-state index in [0.717, 1.165) is 17.4 Å². The lowest BCUT2D eigenvalue weighted by Crippen LogP contribution is -2.70. The Hall–Kier alpha value is -2.30. The van der Waals surface area contributed by atoms with E-state index in [9.17, 15) is 27.9 Å². The van der Waals surface area contributed by atoms with Gasteiger partial charge in [0.05, 0.1) is 26.4 Å². The number of amides is 2. The van der Waals surface area contributed by atoms with Gasteiger partial charge in [0.1, 0.15) is 11.6 Å². The van der Waals surface area contributed by atoms with E-state index < -0.39 is 41.2 Å². The van der Waals surface area contributed by atoms with Crippen LogP contribution in [-0.2, 0) is 4.79 Å². The first kappa shape index (κ1) is 23.8. The first-order valence-corrected chi connectivity index (χ1v) is 11.6. The zero-order valence-corrected chi connectivity index (χ0v) is 18.9. The van der Waals surface area contributed by atoms with Gasteiger partial charge in [-0.3, -0.25) is 9.59 Å². The van der Waals surface area contributed by atoms with Crippen LogP contribution in [0, 0.1) is 5.82 Å². The van der Waals surface area contributed by atoms with E-state index in [1.54, 1.807) is 0 Å². The molecule has 3 N–H and O–H groups in total. The highest BCUT2D eigenvalue weighted by atomic mass is 35.5. The fourth-order valence-electron chi connectivity index (χ4n) is 4.59. The smallest absolute Gasteiger partial charge is 0.272 e. The van der Waals surface area contributed by atoms with Crippen molar-refractivity contribution < 1.29 is 32.6 Å². The van der Waals surface area contributed by atoms with Crippen molar-refractivity contribution in [2.45, 2.75) is 55.7 Å². The molecular formula is C22H22ClF3N2O4S. The molecule has 3 saturated carbocycles. The molecule has 0 saturated heterocycles. The Kier molecular flexibility index (Phi) is 6.61. The number of fused-ring (bicyclic) bond motifs is 3. The van der Waals surface area contributed by atoms with Crippen molar-refractivity contribution in [2.24, 2.45) is 0 Å². The fourth-order valence-corrected chi connectivity index (χ4v) is 5.46. The summed E-state index contributed by atoms with van der Waals surface area (Å²) in [5, 5.41) is 16.5. The van der Waals surface area contributed by atoms with Gasteiger partial charge in [-0.2, -0.15) is 0 Å². The van der Waals surface area contributed by atoms with Crippen LogP contribution in [0.25, 0.3) is 0 Å².